The molecule has 30 heavy (non-hydrogen) atoms. The van der Waals surface area contributed by atoms with Crippen LogP contribution in [0.25, 0.3) is 0 Å². The standard InChI is InChI=1S/C14H14O2S.C10H11NO2/c1-11-7-3-5-9-13(11)17(15,16)14-10-6-4-8-12(14)2;1-2-9(12)7-5-3-4-6-8(7)10(11)13/h3-10H,1-2H3;3-6H,2H2,1H3,(H2,11,13). The third kappa shape index (κ3) is 5.21. The van der Waals surface area contributed by atoms with Gasteiger partial charge in [-0.15, -0.1) is 0 Å². The molecular weight excluding hydrogens is 398 g/mol. The molecule has 0 saturated carbocycles. The van der Waals surface area contributed by atoms with Gasteiger partial charge in [0.1, 0.15) is 0 Å². The summed E-state index contributed by atoms with van der Waals surface area (Å²) in [6.07, 6.45) is 0.379. The summed E-state index contributed by atoms with van der Waals surface area (Å²) in [5.74, 6) is -0.619. The van der Waals surface area contributed by atoms with E-state index in [1.807, 2.05) is 38.1 Å². The molecule has 0 atom stereocenters. The summed E-state index contributed by atoms with van der Waals surface area (Å²) < 4.78 is 25.0. The first-order valence-corrected chi connectivity index (χ1v) is 11.0. The Kier molecular flexibility index (Phi) is 7.66. The van der Waals surface area contributed by atoms with Crippen LogP contribution in [0.4, 0.5) is 0 Å². The molecule has 0 saturated heterocycles. The molecule has 0 spiro atoms. The maximum atomic E-state index is 12.5. The summed E-state index contributed by atoms with van der Waals surface area (Å²) in [7, 11) is -3.40. The third-order valence-corrected chi connectivity index (χ3v) is 6.65. The van der Waals surface area contributed by atoms with Crippen LogP contribution >= 0.6 is 0 Å². The summed E-state index contributed by atoms with van der Waals surface area (Å²) in [6.45, 7) is 5.37. The van der Waals surface area contributed by atoms with Crippen molar-refractivity contribution in [1.29, 1.82) is 0 Å². The molecule has 0 aromatic heterocycles. The molecule has 1 amide bonds. The van der Waals surface area contributed by atoms with Crippen molar-refractivity contribution in [2.75, 3.05) is 0 Å². The molecule has 6 heteroatoms. The van der Waals surface area contributed by atoms with Gasteiger partial charge in [-0.1, -0.05) is 61.5 Å². The molecule has 0 radical (unpaired) electrons. The Morgan fingerprint density at radius 3 is 1.53 bits per heavy atom. The number of ketones is 1. The van der Waals surface area contributed by atoms with Crippen molar-refractivity contribution in [3.8, 4) is 0 Å². The molecular formula is C24H25NO4S. The van der Waals surface area contributed by atoms with Gasteiger partial charge in [-0.05, 0) is 43.2 Å². The Morgan fingerprint density at radius 2 is 1.13 bits per heavy atom. The van der Waals surface area contributed by atoms with Crippen molar-refractivity contribution >= 4 is 21.5 Å². The van der Waals surface area contributed by atoms with Gasteiger partial charge >= 0.3 is 0 Å². The molecule has 3 rings (SSSR count). The Bertz CT molecular complexity index is 1120. The second-order valence-corrected chi connectivity index (χ2v) is 8.61. The van der Waals surface area contributed by atoms with Crippen molar-refractivity contribution in [3.63, 3.8) is 0 Å². The molecule has 0 heterocycles. The zero-order valence-electron chi connectivity index (χ0n) is 17.3. The van der Waals surface area contributed by atoms with E-state index in [2.05, 4.69) is 0 Å². The van der Waals surface area contributed by atoms with Crippen LogP contribution in [0.1, 0.15) is 45.2 Å². The molecule has 5 nitrogen and oxygen atoms in total. The average Bonchev–Trinajstić information content (AvgIpc) is 2.74. The maximum Gasteiger partial charge on any atom is 0.249 e. The van der Waals surface area contributed by atoms with Crippen LogP contribution < -0.4 is 5.73 Å². The lowest BCUT2D eigenvalue weighted by Crippen LogP contribution is -2.15. The van der Waals surface area contributed by atoms with Gasteiger partial charge in [0.15, 0.2) is 5.78 Å². The first kappa shape index (κ1) is 23.0. The smallest absolute Gasteiger partial charge is 0.249 e. The molecule has 0 unspecified atom stereocenters. The van der Waals surface area contributed by atoms with Gasteiger partial charge in [-0.3, -0.25) is 9.59 Å². The summed E-state index contributed by atoms with van der Waals surface area (Å²) in [6, 6.07) is 20.7. The van der Waals surface area contributed by atoms with Gasteiger partial charge in [0.05, 0.1) is 9.79 Å². The first-order valence-electron chi connectivity index (χ1n) is 9.48. The number of hydrogen-bond acceptors (Lipinski definition) is 4. The Morgan fingerprint density at radius 1 is 0.733 bits per heavy atom. The predicted octanol–water partition coefficient (Wildman–Crippen LogP) is 4.51. The van der Waals surface area contributed by atoms with Gasteiger partial charge in [0.25, 0.3) is 0 Å². The normalized spacial score (nSPS) is 10.6. The minimum Gasteiger partial charge on any atom is -0.366 e. The lowest BCUT2D eigenvalue weighted by molar-refractivity contribution is 0.0961. The summed E-state index contributed by atoms with van der Waals surface area (Å²) in [5, 5.41) is 0. The van der Waals surface area contributed by atoms with Crippen LogP contribution in [0, 0.1) is 13.8 Å². The van der Waals surface area contributed by atoms with Crippen LogP contribution in [0.3, 0.4) is 0 Å². The number of benzene rings is 3. The van der Waals surface area contributed by atoms with E-state index in [0.29, 0.717) is 27.3 Å². The fourth-order valence-corrected chi connectivity index (χ4v) is 4.70. The minimum atomic E-state index is -3.40. The number of aryl methyl sites for hydroxylation is 2. The predicted molar refractivity (Wildman–Crippen MR) is 117 cm³/mol. The molecule has 3 aromatic carbocycles. The first-order chi connectivity index (χ1) is 14.2. The van der Waals surface area contributed by atoms with E-state index in [-0.39, 0.29) is 5.78 Å². The second kappa shape index (κ2) is 9.98. The molecule has 3 aromatic rings. The minimum absolute atomic E-state index is 0.0607. The average molecular weight is 424 g/mol. The highest BCUT2D eigenvalue weighted by Gasteiger charge is 2.20. The van der Waals surface area contributed by atoms with Crippen LogP contribution in [0.2, 0.25) is 0 Å². The quantitative estimate of drug-likeness (QED) is 0.611. The molecule has 156 valence electrons. The number of Topliss-reactive ketones (excluding diaryl/α,β-unsaturated/α-hetero) is 1. The lowest BCUT2D eigenvalue weighted by Gasteiger charge is -2.09. The van der Waals surface area contributed by atoms with E-state index in [9.17, 15) is 18.0 Å². The zero-order valence-corrected chi connectivity index (χ0v) is 18.1. The maximum absolute atomic E-state index is 12.5. The van der Waals surface area contributed by atoms with E-state index < -0.39 is 15.7 Å². The van der Waals surface area contributed by atoms with Crippen LogP contribution in [0.5, 0.6) is 0 Å². The fraction of sp³-hybridized carbons (Fsp3) is 0.167. The van der Waals surface area contributed by atoms with Crippen LogP contribution in [-0.4, -0.2) is 20.1 Å². The monoisotopic (exact) mass is 423 g/mol. The molecule has 0 aliphatic heterocycles. The molecule has 0 fully saturated rings. The van der Waals surface area contributed by atoms with Crippen molar-refractivity contribution < 1.29 is 18.0 Å². The van der Waals surface area contributed by atoms with Gasteiger partial charge in [-0.25, -0.2) is 8.42 Å². The lowest BCUT2D eigenvalue weighted by atomic mass is 10.0. The number of carbonyl (C=O) groups excluding carboxylic acids is 2. The van der Waals surface area contributed by atoms with Gasteiger partial charge < -0.3 is 5.73 Å². The Hall–Kier alpha value is -3.25. The van der Waals surface area contributed by atoms with Crippen molar-refractivity contribution in [2.45, 2.75) is 37.0 Å². The third-order valence-electron chi connectivity index (χ3n) is 4.58. The number of rotatable bonds is 5. The number of nitrogens with two attached hydrogens (primary N) is 1. The van der Waals surface area contributed by atoms with Crippen LogP contribution in [0.15, 0.2) is 82.6 Å². The van der Waals surface area contributed by atoms with E-state index >= 15 is 0 Å². The summed E-state index contributed by atoms with van der Waals surface area (Å²) in [4.78, 5) is 23.0. The van der Waals surface area contributed by atoms with Crippen LogP contribution in [-0.2, 0) is 9.84 Å². The number of carbonyl (C=O) groups is 2. The van der Waals surface area contributed by atoms with E-state index in [0.717, 1.165) is 11.1 Å². The van der Waals surface area contributed by atoms with E-state index in [1.54, 1.807) is 55.5 Å². The molecule has 2 N–H and O–H groups in total. The zero-order chi connectivity index (χ0) is 22.3. The van der Waals surface area contributed by atoms with Gasteiger partial charge in [-0.2, -0.15) is 0 Å². The van der Waals surface area contributed by atoms with E-state index in [1.165, 1.54) is 0 Å². The molecule has 0 bridgehead atoms. The van der Waals surface area contributed by atoms with Crippen molar-refractivity contribution in [1.82, 2.24) is 0 Å². The Labute approximate surface area is 177 Å². The highest BCUT2D eigenvalue weighted by atomic mass is 32.2. The number of hydrogen-bond donors (Lipinski definition) is 1. The van der Waals surface area contributed by atoms with Gasteiger partial charge in [0, 0.05) is 17.5 Å². The summed E-state index contributed by atoms with van der Waals surface area (Å²) in [5.41, 5.74) is 7.38. The number of primary amides is 1. The number of amides is 1. The van der Waals surface area contributed by atoms with Crippen molar-refractivity contribution in [3.05, 3.63) is 95.1 Å². The van der Waals surface area contributed by atoms with E-state index in [4.69, 9.17) is 5.73 Å². The SMILES string of the molecule is CCC(=O)c1ccccc1C(N)=O.Cc1ccccc1S(=O)(=O)c1ccccc1C. The fourth-order valence-electron chi connectivity index (χ4n) is 2.97. The highest BCUT2D eigenvalue weighted by molar-refractivity contribution is 7.91. The van der Waals surface area contributed by atoms with Crippen molar-refractivity contribution in [2.24, 2.45) is 5.73 Å². The summed E-state index contributed by atoms with van der Waals surface area (Å²) >= 11 is 0. The largest absolute Gasteiger partial charge is 0.366 e. The topological polar surface area (TPSA) is 94.3 Å². The highest BCUT2D eigenvalue weighted by Crippen LogP contribution is 2.25. The van der Waals surface area contributed by atoms with Gasteiger partial charge in [0.2, 0.25) is 15.7 Å². The molecule has 0 aliphatic rings. The second-order valence-electron chi connectivity index (χ2n) is 6.72. The number of sulfone groups is 1. The Balaban J connectivity index is 0.000000222. The molecule has 0 aliphatic carbocycles.